The van der Waals surface area contributed by atoms with Crippen LogP contribution in [0.15, 0.2) is 35.1 Å². The molecule has 0 fully saturated rings. The summed E-state index contributed by atoms with van der Waals surface area (Å²) in [6.45, 7) is 4.90. The molecule has 1 aromatic carbocycles. The minimum atomic E-state index is -0.571. The molecule has 0 amide bonds. The number of nitrogens with one attached hydrogen (secondary N) is 1. The van der Waals surface area contributed by atoms with Gasteiger partial charge in [0.25, 0.3) is 5.56 Å². The monoisotopic (exact) mass is 343 g/mol. The summed E-state index contributed by atoms with van der Waals surface area (Å²) >= 11 is 1.55. The van der Waals surface area contributed by atoms with E-state index in [4.69, 9.17) is 0 Å². The fraction of sp³-hybridized carbons (Fsp3) is 0.333. The van der Waals surface area contributed by atoms with Gasteiger partial charge >= 0.3 is 0 Å². The van der Waals surface area contributed by atoms with Gasteiger partial charge in [0.05, 0.1) is 18.0 Å². The van der Waals surface area contributed by atoms with E-state index in [1.807, 2.05) is 56.1 Å². The van der Waals surface area contributed by atoms with E-state index in [1.54, 1.807) is 11.3 Å². The summed E-state index contributed by atoms with van der Waals surface area (Å²) in [7, 11) is 1.90. The summed E-state index contributed by atoms with van der Waals surface area (Å²) in [5.41, 5.74) is 1.79. The van der Waals surface area contributed by atoms with Crippen molar-refractivity contribution in [3.8, 4) is 0 Å². The van der Waals surface area contributed by atoms with Crippen molar-refractivity contribution >= 4 is 21.6 Å². The number of benzene rings is 1. The van der Waals surface area contributed by atoms with Gasteiger partial charge in [-0.2, -0.15) is 0 Å². The van der Waals surface area contributed by atoms with Gasteiger partial charge in [-0.25, -0.2) is 4.98 Å². The molecule has 5 nitrogen and oxygen atoms in total. The fourth-order valence-electron chi connectivity index (χ4n) is 2.77. The van der Waals surface area contributed by atoms with Crippen molar-refractivity contribution < 1.29 is 5.11 Å². The van der Waals surface area contributed by atoms with Crippen LogP contribution in [0, 0.1) is 13.8 Å². The zero-order chi connectivity index (χ0) is 17.3. The second-order valence-electron chi connectivity index (χ2n) is 6.10. The molecule has 0 bridgehead atoms. The average Bonchev–Trinajstić information content (AvgIpc) is 2.82. The first-order valence-electron chi connectivity index (χ1n) is 7.86. The lowest BCUT2D eigenvalue weighted by molar-refractivity contribution is 0.122. The van der Waals surface area contributed by atoms with Gasteiger partial charge in [0, 0.05) is 11.4 Å². The van der Waals surface area contributed by atoms with Gasteiger partial charge < -0.3 is 10.1 Å². The molecule has 1 unspecified atom stereocenters. The first kappa shape index (κ1) is 16.8. The van der Waals surface area contributed by atoms with Crippen LogP contribution < -0.4 is 5.56 Å². The third-order valence-corrected chi connectivity index (χ3v) is 5.28. The maximum atomic E-state index is 12.3. The Labute approximate surface area is 144 Å². The van der Waals surface area contributed by atoms with Crippen molar-refractivity contribution in [2.24, 2.45) is 0 Å². The van der Waals surface area contributed by atoms with E-state index in [0.29, 0.717) is 24.3 Å². The Balaban J connectivity index is 1.76. The number of hydrogen-bond acceptors (Lipinski definition) is 5. The number of aliphatic hydroxyl groups excluding tert-OH is 1. The zero-order valence-corrected chi connectivity index (χ0v) is 14.9. The first-order chi connectivity index (χ1) is 11.5. The number of aryl methyl sites for hydroxylation is 2. The number of H-pyrrole nitrogens is 1. The predicted octanol–water partition coefficient (Wildman–Crippen LogP) is 2.77. The minimum Gasteiger partial charge on any atom is -0.387 e. The zero-order valence-electron chi connectivity index (χ0n) is 14.0. The molecule has 2 aromatic heterocycles. The van der Waals surface area contributed by atoms with Crippen LogP contribution in [0.2, 0.25) is 0 Å². The summed E-state index contributed by atoms with van der Waals surface area (Å²) in [5, 5.41) is 11.0. The predicted molar refractivity (Wildman–Crippen MR) is 97.5 cm³/mol. The van der Waals surface area contributed by atoms with E-state index < -0.39 is 6.10 Å². The Morgan fingerprint density at radius 1 is 1.29 bits per heavy atom. The van der Waals surface area contributed by atoms with Gasteiger partial charge in [0.2, 0.25) is 0 Å². The SMILES string of the molecule is Cc1sc2nc(CN(C)CC(O)c3ccccc3)[nH]c(=O)c2c1C. The number of aromatic amines is 1. The first-order valence-corrected chi connectivity index (χ1v) is 8.68. The maximum absolute atomic E-state index is 12.3. The highest BCUT2D eigenvalue weighted by Gasteiger charge is 2.14. The summed E-state index contributed by atoms with van der Waals surface area (Å²) in [5.74, 6) is 0.622. The van der Waals surface area contributed by atoms with E-state index in [-0.39, 0.29) is 5.56 Å². The van der Waals surface area contributed by atoms with E-state index in [0.717, 1.165) is 20.8 Å². The van der Waals surface area contributed by atoms with Gasteiger partial charge in [0.15, 0.2) is 0 Å². The highest BCUT2D eigenvalue weighted by molar-refractivity contribution is 7.18. The number of thiophene rings is 1. The van der Waals surface area contributed by atoms with Crippen molar-refractivity contribution in [3.05, 3.63) is 62.5 Å². The molecule has 0 aliphatic rings. The molecule has 0 saturated heterocycles. The van der Waals surface area contributed by atoms with Crippen LogP contribution in [0.3, 0.4) is 0 Å². The normalized spacial score (nSPS) is 12.9. The third-order valence-electron chi connectivity index (χ3n) is 4.18. The van der Waals surface area contributed by atoms with Crippen molar-refractivity contribution in [2.45, 2.75) is 26.5 Å². The fourth-order valence-corrected chi connectivity index (χ4v) is 3.82. The van der Waals surface area contributed by atoms with Crippen molar-refractivity contribution in [1.82, 2.24) is 14.9 Å². The quantitative estimate of drug-likeness (QED) is 0.747. The molecular formula is C18H21N3O2S. The molecule has 126 valence electrons. The lowest BCUT2D eigenvalue weighted by atomic mass is 10.1. The molecular weight excluding hydrogens is 322 g/mol. The Morgan fingerprint density at radius 3 is 2.71 bits per heavy atom. The molecule has 0 radical (unpaired) electrons. The Morgan fingerprint density at radius 2 is 2.00 bits per heavy atom. The summed E-state index contributed by atoms with van der Waals surface area (Å²) in [6.07, 6.45) is -0.571. The van der Waals surface area contributed by atoms with E-state index in [1.165, 1.54) is 0 Å². The van der Waals surface area contributed by atoms with E-state index in [2.05, 4.69) is 9.97 Å². The van der Waals surface area contributed by atoms with Gasteiger partial charge in [-0.1, -0.05) is 30.3 Å². The molecule has 1 atom stereocenters. The van der Waals surface area contributed by atoms with Crippen molar-refractivity contribution in [1.29, 1.82) is 0 Å². The topological polar surface area (TPSA) is 69.2 Å². The van der Waals surface area contributed by atoms with Crippen LogP contribution in [-0.2, 0) is 6.54 Å². The number of aliphatic hydroxyl groups is 1. The number of hydrogen-bond donors (Lipinski definition) is 2. The molecule has 0 saturated carbocycles. The Hall–Kier alpha value is -2.02. The van der Waals surface area contributed by atoms with Crippen LogP contribution in [0.4, 0.5) is 0 Å². The van der Waals surface area contributed by atoms with Gasteiger partial charge in [-0.3, -0.25) is 9.69 Å². The molecule has 2 heterocycles. The van der Waals surface area contributed by atoms with Crippen molar-refractivity contribution in [2.75, 3.05) is 13.6 Å². The Bertz CT molecular complexity index is 902. The highest BCUT2D eigenvalue weighted by Crippen LogP contribution is 2.25. The second-order valence-corrected chi connectivity index (χ2v) is 7.30. The lowest BCUT2D eigenvalue weighted by Crippen LogP contribution is -2.26. The van der Waals surface area contributed by atoms with Crippen LogP contribution in [0.1, 0.15) is 27.9 Å². The molecule has 0 aliphatic carbocycles. The number of likely N-dealkylation sites (N-methyl/N-ethyl adjacent to an activating group) is 1. The summed E-state index contributed by atoms with van der Waals surface area (Å²) in [4.78, 5) is 23.6. The molecule has 0 spiro atoms. The molecule has 2 N–H and O–H groups in total. The maximum Gasteiger partial charge on any atom is 0.259 e. The number of fused-ring (bicyclic) bond motifs is 1. The number of rotatable bonds is 5. The standard InChI is InChI=1S/C18H21N3O2S/c1-11-12(2)24-18-16(11)17(23)19-15(20-18)10-21(3)9-14(22)13-7-5-4-6-8-13/h4-8,14,22H,9-10H2,1-3H3,(H,19,20,23). The average molecular weight is 343 g/mol. The molecule has 6 heteroatoms. The Kier molecular flexibility index (Phi) is 4.80. The third kappa shape index (κ3) is 3.40. The summed E-state index contributed by atoms with van der Waals surface area (Å²) < 4.78 is 0. The van der Waals surface area contributed by atoms with Gasteiger partial charge in [-0.15, -0.1) is 11.3 Å². The van der Waals surface area contributed by atoms with E-state index >= 15 is 0 Å². The second kappa shape index (κ2) is 6.84. The van der Waals surface area contributed by atoms with E-state index in [9.17, 15) is 9.90 Å². The minimum absolute atomic E-state index is 0.0890. The van der Waals surface area contributed by atoms with Gasteiger partial charge in [0.1, 0.15) is 10.7 Å². The van der Waals surface area contributed by atoms with Crippen LogP contribution >= 0.6 is 11.3 Å². The number of nitrogens with zero attached hydrogens (tertiary/aromatic N) is 2. The highest BCUT2D eigenvalue weighted by atomic mass is 32.1. The molecule has 24 heavy (non-hydrogen) atoms. The van der Waals surface area contributed by atoms with Crippen LogP contribution in [0.25, 0.3) is 10.2 Å². The largest absolute Gasteiger partial charge is 0.387 e. The molecule has 3 rings (SSSR count). The number of aromatic nitrogens is 2. The van der Waals surface area contributed by atoms with Crippen molar-refractivity contribution in [3.63, 3.8) is 0 Å². The van der Waals surface area contributed by atoms with Crippen LogP contribution in [-0.4, -0.2) is 33.6 Å². The lowest BCUT2D eigenvalue weighted by Gasteiger charge is -2.20. The smallest absolute Gasteiger partial charge is 0.259 e. The van der Waals surface area contributed by atoms with Crippen LogP contribution in [0.5, 0.6) is 0 Å². The molecule has 3 aromatic rings. The van der Waals surface area contributed by atoms with Gasteiger partial charge in [-0.05, 0) is 32.0 Å². The summed E-state index contributed by atoms with van der Waals surface area (Å²) in [6, 6.07) is 9.55. The molecule has 0 aliphatic heterocycles.